The standard InChI is InChI=1S/C13H17BrClN/c1-2-16-13(7-9-3-4-9)11-6-5-10(15)8-12(11)14/h5-6,8-9,13,16H,2-4,7H2,1H3. The molecule has 88 valence electrons. The van der Waals surface area contributed by atoms with Gasteiger partial charge in [-0.3, -0.25) is 0 Å². The molecule has 1 atom stereocenters. The first kappa shape index (κ1) is 12.4. The number of hydrogen-bond acceptors (Lipinski definition) is 1. The second kappa shape index (κ2) is 5.52. The van der Waals surface area contributed by atoms with Gasteiger partial charge in [0.1, 0.15) is 0 Å². The summed E-state index contributed by atoms with van der Waals surface area (Å²) >= 11 is 9.57. The molecule has 0 aliphatic heterocycles. The fourth-order valence-corrected chi connectivity index (χ4v) is 3.00. The number of hydrogen-bond donors (Lipinski definition) is 1. The predicted octanol–water partition coefficient (Wildman–Crippen LogP) is 4.55. The van der Waals surface area contributed by atoms with Gasteiger partial charge in [0.15, 0.2) is 0 Å². The van der Waals surface area contributed by atoms with Crippen LogP contribution in [-0.2, 0) is 0 Å². The maximum Gasteiger partial charge on any atom is 0.0417 e. The molecule has 16 heavy (non-hydrogen) atoms. The largest absolute Gasteiger partial charge is 0.310 e. The topological polar surface area (TPSA) is 12.0 Å². The molecule has 1 nitrogen and oxygen atoms in total. The average molecular weight is 303 g/mol. The van der Waals surface area contributed by atoms with Crippen molar-refractivity contribution < 1.29 is 0 Å². The van der Waals surface area contributed by atoms with Crippen LogP contribution in [0, 0.1) is 5.92 Å². The monoisotopic (exact) mass is 301 g/mol. The Kier molecular flexibility index (Phi) is 4.28. The lowest BCUT2D eigenvalue weighted by molar-refractivity contribution is 0.485. The number of benzene rings is 1. The molecular formula is C13H17BrClN. The number of halogens is 2. The first-order valence-electron chi connectivity index (χ1n) is 5.89. The normalized spacial score (nSPS) is 17.4. The Morgan fingerprint density at radius 3 is 2.81 bits per heavy atom. The summed E-state index contributed by atoms with van der Waals surface area (Å²) in [6.45, 7) is 3.16. The molecule has 2 rings (SSSR count). The summed E-state index contributed by atoms with van der Waals surface area (Å²) in [5.41, 5.74) is 1.33. The van der Waals surface area contributed by atoms with E-state index in [1.165, 1.54) is 24.8 Å². The summed E-state index contributed by atoms with van der Waals surface area (Å²) in [6.07, 6.45) is 4.04. The van der Waals surface area contributed by atoms with E-state index in [0.717, 1.165) is 22.0 Å². The molecule has 3 heteroatoms. The van der Waals surface area contributed by atoms with Crippen LogP contribution in [0.3, 0.4) is 0 Å². The van der Waals surface area contributed by atoms with Crippen LogP contribution in [0.5, 0.6) is 0 Å². The van der Waals surface area contributed by atoms with Crippen molar-refractivity contribution in [2.24, 2.45) is 5.92 Å². The second-order valence-corrected chi connectivity index (χ2v) is 5.75. The van der Waals surface area contributed by atoms with E-state index in [1.54, 1.807) is 0 Å². The van der Waals surface area contributed by atoms with Gasteiger partial charge in [-0.05, 0) is 36.6 Å². The lowest BCUT2D eigenvalue weighted by Crippen LogP contribution is -2.21. The van der Waals surface area contributed by atoms with Crippen molar-refractivity contribution in [3.8, 4) is 0 Å². The quantitative estimate of drug-likeness (QED) is 0.841. The molecule has 1 aliphatic rings. The predicted molar refractivity (Wildman–Crippen MR) is 72.9 cm³/mol. The first-order chi connectivity index (χ1) is 7.70. The molecule has 1 aliphatic carbocycles. The fourth-order valence-electron chi connectivity index (χ4n) is 2.04. The van der Waals surface area contributed by atoms with Crippen molar-refractivity contribution in [3.05, 3.63) is 33.3 Å². The third-order valence-corrected chi connectivity index (χ3v) is 3.98. The van der Waals surface area contributed by atoms with Crippen molar-refractivity contribution in [1.29, 1.82) is 0 Å². The third kappa shape index (κ3) is 3.22. The van der Waals surface area contributed by atoms with Gasteiger partial charge in [-0.15, -0.1) is 0 Å². The second-order valence-electron chi connectivity index (χ2n) is 4.46. The Hall–Kier alpha value is -0.0500. The SMILES string of the molecule is CCNC(CC1CC1)c1ccc(Cl)cc1Br. The molecule has 0 aromatic heterocycles. The highest BCUT2D eigenvalue weighted by molar-refractivity contribution is 9.10. The molecule has 0 radical (unpaired) electrons. The smallest absolute Gasteiger partial charge is 0.0417 e. The van der Waals surface area contributed by atoms with Crippen LogP contribution >= 0.6 is 27.5 Å². The highest BCUT2D eigenvalue weighted by atomic mass is 79.9. The van der Waals surface area contributed by atoms with E-state index in [-0.39, 0.29) is 0 Å². The molecule has 1 N–H and O–H groups in total. The number of rotatable bonds is 5. The lowest BCUT2D eigenvalue weighted by atomic mass is 10.0. The Balaban J connectivity index is 2.15. The highest BCUT2D eigenvalue weighted by Gasteiger charge is 2.26. The summed E-state index contributed by atoms with van der Waals surface area (Å²) in [6, 6.07) is 6.54. The Bertz CT molecular complexity index is 363. The van der Waals surface area contributed by atoms with Crippen LogP contribution in [0.4, 0.5) is 0 Å². The minimum absolute atomic E-state index is 0.462. The maximum atomic E-state index is 5.97. The molecule has 0 saturated heterocycles. The van der Waals surface area contributed by atoms with Crippen LogP contribution in [-0.4, -0.2) is 6.54 Å². The van der Waals surface area contributed by atoms with Crippen molar-refractivity contribution in [3.63, 3.8) is 0 Å². The zero-order chi connectivity index (χ0) is 11.5. The van der Waals surface area contributed by atoms with Crippen LogP contribution in [0.15, 0.2) is 22.7 Å². The molecule has 1 fully saturated rings. The van der Waals surface area contributed by atoms with E-state index < -0.39 is 0 Å². The third-order valence-electron chi connectivity index (χ3n) is 3.05. The zero-order valence-corrected chi connectivity index (χ0v) is 11.8. The Morgan fingerprint density at radius 2 is 2.25 bits per heavy atom. The lowest BCUT2D eigenvalue weighted by Gasteiger charge is -2.19. The Morgan fingerprint density at radius 1 is 1.50 bits per heavy atom. The van der Waals surface area contributed by atoms with Crippen LogP contribution in [0.25, 0.3) is 0 Å². The highest BCUT2D eigenvalue weighted by Crippen LogP contribution is 2.39. The van der Waals surface area contributed by atoms with E-state index in [2.05, 4.69) is 34.2 Å². The maximum absolute atomic E-state index is 5.97. The summed E-state index contributed by atoms with van der Waals surface area (Å²) in [5.74, 6) is 0.923. The van der Waals surface area contributed by atoms with E-state index in [0.29, 0.717) is 6.04 Å². The summed E-state index contributed by atoms with van der Waals surface area (Å²) in [7, 11) is 0. The van der Waals surface area contributed by atoms with Crippen molar-refractivity contribution in [2.75, 3.05) is 6.54 Å². The van der Waals surface area contributed by atoms with Gasteiger partial charge in [0.25, 0.3) is 0 Å². The fraction of sp³-hybridized carbons (Fsp3) is 0.538. The van der Waals surface area contributed by atoms with Crippen molar-refractivity contribution in [2.45, 2.75) is 32.2 Å². The molecular weight excluding hydrogens is 286 g/mol. The van der Waals surface area contributed by atoms with Gasteiger partial charge in [0.2, 0.25) is 0 Å². The first-order valence-corrected chi connectivity index (χ1v) is 7.06. The van der Waals surface area contributed by atoms with Crippen molar-refractivity contribution >= 4 is 27.5 Å². The molecule has 1 unspecified atom stereocenters. The summed E-state index contributed by atoms with van der Waals surface area (Å²) in [4.78, 5) is 0. The van der Waals surface area contributed by atoms with Crippen LogP contribution in [0.2, 0.25) is 5.02 Å². The van der Waals surface area contributed by atoms with Crippen LogP contribution in [0.1, 0.15) is 37.8 Å². The van der Waals surface area contributed by atoms with Crippen LogP contribution < -0.4 is 5.32 Å². The van der Waals surface area contributed by atoms with Gasteiger partial charge in [-0.1, -0.05) is 53.4 Å². The molecule has 0 spiro atoms. The molecule has 0 bridgehead atoms. The minimum atomic E-state index is 0.462. The van der Waals surface area contributed by atoms with E-state index >= 15 is 0 Å². The van der Waals surface area contributed by atoms with E-state index in [9.17, 15) is 0 Å². The molecule has 1 aromatic rings. The van der Waals surface area contributed by atoms with Gasteiger partial charge in [-0.25, -0.2) is 0 Å². The Labute approximate surface area is 111 Å². The molecule has 0 amide bonds. The van der Waals surface area contributed by atoms with Crippen molar-refractivity contribution in [1.82, 2.24) is 5.32 Å². The summed E-state index contributed by atoms with van der Waals surface area (Å²) < 4.78 is 1.12. The minimum Gasteiger partial charge on any atom is -0.310 e. The molecule has 1 aromatic carbocycles. The van der Waals surface area contributed by atoms with Gasteiger partial charge in [0.05, 0.1) is 0 Å². The van der Waals surface area contributed by atoms with E-state index in [1.807, 2.05) is 12.1 Å². The average Bonchev–Trinajstić information content (AvgIpc) is 3.01. The molecule has 1 saturated carbocycles. The van der Waals surface area contributed by atoms with Gasteiger partial charge < -0.3 is 5.32 Å². The van der Waals surface area contributed by atoms with Gasteiger partial charge in [-0.2, -0.15) is 0 Å². The van der Waals surface area contributed by atoms with E-state index in [4.69, 9.17) is 11.6 Å². The summed E-state index contributed by atoms with van der Waals surface area (Å²) in [5, 5.41) is 4.35. The van der Waals surface area contributed by atoms with Gasteiger partial charge >= 0.3 is 0 Å². The zero-order valence-electron chi connectivity index (χ0n) is 9.47. The molecule has 0 heterocycles. The van der Waals surface area contributed by atoms with Gasteiger partial charge in [0, 0.05) is 15.5 Å². The number of nitrogens with one attached hydrogen (secondary N) is 1.